The summed E-state index contributed by atoms with van der Waals surface area (Å²) in [7, 11) is 4.00. The Morgan fingerprint density at radius 2 is 1.45 bits per heavy atom. The van der Waals surface area contributed by atoms with E-state index >= 15 is 0 Å². The van der Waals surface area contributed by atoms with Crippen molar-refractivity contribution in [3.8, 4) is 5.75 Å². The lowest BCUT2D eigenvalue weighted by atomic mass is 10.1. The zero-order valence-electron chi connectivity index (χ0n) is 12.6. The average Bonchev–Trinajstić information content (AvgIpc) is 2.55. The molecule has 1 N–H and O–H groups in total. The number of anilines is 1. The van der Waals surface area contributed by atoms with E-state index < -0.39 is 0 Å². The van der Waals surface area contributed by atoms with E-state index in [0.717, 1.165) is 27.8 Å². The number of hydrogen-bond donors (Lipinski definition) is 1. The van der Waals surface area contributed by atoms with Crippen LogP contribution in [0.5, 0.6) is 5.75 Å². The van der Waals surface area contributed by atoms with E-state index in [9.17, 15) is 5.11 Å². The predicted octanol–water partition coefficient (Wildman–Crippen LogP) is 5.03. The van der Waals surface area contributed by atoms with Crippen molar-refractivity contribution in [3.05, 3.63) is 60.7 Å². The number of aromatic hydroxyl groups is 1. The molecule has 0 bridgehead atoms. The molecule has 3 aromatic carbocycles. The van der Waals surface area contributed by atoms with Gasteiger partial charge in [0.1, 0.15) is 5.75 Å². The third kappa shape index (κ3) is 2.76. The highest BCUT2D eigenvalue weighted by Gasteiger charge is 2.04. The number of rotatable bonds is 3. The summed E-state index contributed by atoms with van der Waals surface area (Å²) >= 11 is 0. The first kappa shape index (κ1) is 14.1. The van der Waals surface area contributed by atoms with Crippen molar-refractivity contribution >= 4 is 27.8 Å². The van der Waals surface area contributed by atoms with Crippen LogP contribution in [-0.2, 0) is 0 Å². The second-order valence-corrected chi connectivity index (χ2v) is 5.26. The number of phenols is 1. The van der Waals surface area contributed by atoms with Crippen molar-refractivity contribution in [1.29, 1.82) is 0 Å². The van der Waals surface area contributed by atoms with E-state index in [0.29, 0.717) is 0 Å². The molecule has 0 heterocycles. The Hall–Kier alpha value is -2.88. The summed E-state index contributed by atoms with van der Waals surface area (Å²) in [4.78, 5) is 2.04. The fraction of sp³-hybridized carbons (Fsp3) is 0.111. The van der Waals surface area contributed by atoms with Crippen molar-refractivity contribution in [2.75, 3.05) is 19.0 Å². The maximum absolute atomic E-state index is 9.89. The second-order valence-electron chi connectivity index (χ2n) is 5.26. The summed E-state index contributed by atoms with van der Waals surface area (Å²) in [6.07, 6.45) is 0. The van der Waals surface area contributed by atoms with Crippen molar-refractivity contribution in [1.82, 2.24) is 0 Å². The predicted molar refractivity (Wildman–Crippen MR) is 90.6 cm³/mol. The molecule has 0 atom stereocenters. The molecular formula is C18H17N3O. The van der Waals surface area contributed by atoms with Crippen LogP contribution in [-0.4, -0.2) is 19.2 Å². The second kappa shape index (κ2) is 5.85. The molecule has 22 heavy (non-hydrogen) atoms. The van der Waals surface area contributed by atoms with Gasteiger partial charge in [0.2, 0.25) is 0 Å². The molecule has 0 aliphatic rings. The Morgan fingerprint density at radius 3 is 2.14 bits per heavy atom. The summed E-state index contributed by atoms with van der Waals surface area (Å²) in [5, 5.41) is 20.2. The number of phenolic OH excluding ortho intramolecular Hbond substituents is 1. The Bertz CT molecular complexity index is 823. The number of benzene rings is 3. The van der Waals surface area contributed by atoms with Gasteiger partial charge in [-0.3, -0.25) is 0 Å². The van der Waals surface area contributed by atoms with Crippen LogP contribution in [0.3, 0.4) is 0 Å². The van der Waals surface area contributed by atoms with E-state index in [-0.39, 0.29) is 5.75 Å². The molecule has 0 amide bonds. The van der Waals surface area contributed by atoms with Crippen LogP contribution in [0.1, 0.15) is 0 Å². The van der Waals surface area contributed by atoms with Crippen LogP contribution in [0.4, 0.5) is 17.1 Å². The molecule has 4 nitrogen and oxygen atoms in total. The van der Waals surface area contributed by atoms with Crippen molar-refractivity contribution in [2.45, 2.75) is 0 Å². The maximum Gasteiger partial charge on any atom is 0.123 e. The van der Waals surface area contributed by atoms with Crippen LogP contribution >= 0.6 is 0 Å². The lowest BCUT2D eigenvalue weighted by Gasteiger charge is -2.11. The van der Waals surface area contributed by atoms with Crippen molar-refractivity contribution < 1.29 is 5.11 Å². The molecule has 3 aromatic rings. The lowest BCUT2D eigenvalue weighted by Crippen LogP contribution is -2.07. The van der Waals surface area contributed by atoms with Gasteiger partial charge >= 0.3 is 0 Å². The van der Waals surface area contributed by atoms with Crippen molar-refractivity contribution in [3.63, 3.8) is 0 Å². The summed E-state index contributed by atoms with van der Waals surface area (Å²) in [5.41, 5.74) is 2.65. The minimum atomic E-state index is 0.255. The molecule has 3 rings (SSSR count). The molecule has 0 aliphatic carbocycles. The zero-order chi connectivity index (χ0) is 15.5. The van der Waals surface area contributed by atoms with Crippen LogP contribution in [0, 0.1) is 0 Å². The molecule has 0 radical (unpaired) electrons. The molecular weight excluding hydrogens is 274 g/mol. The minimum Gasteiger partial charge on any atom is -0.507 e. The average molecular weight is 291 g/mol. The molecule has 0 aliphatic heterocycles. The molecule has 0 aromatic heterocycles. The van der Waals surface area contributed by atoms with E-state index in [1.165, 1.54) is 0 Å². The van der Waals surface area contributed by atoms with E-state index in [4.69, 9.17) is 0 Å². The number of nitrogens with zero attached hydrogens (tertiary/aromatic N) is 3. The SMILES string of the molecule is CN(C)c1ccc(N=Nc2ccc(O)c3ccccc23)cc1. The highest BCUT2D eigenvalue weighted by Crippen LogP contribution is 2.33. The van der Waals surface area contributed by atoms with Gasteiger partial charge in [-0.2, -0.15) is 5.11 Å². The molecule has 0 fully saturated rings. The Morgan fingerprint density at radius 1 is 0.773 bits per heavy atom. The van der Waals surface area contributed by atoms with Crippen LogP contribution in [0.15, 0.2) is 70.9 Å². The van der Waals surface area contributed by atoms with Gasteiger partial charge in [-0.25, -0.2) is 0 Å². The molecule has 0 saturated carbocycles. The topological polar surface area (TPSA) is 48.2 Å². The van der Waals surface area contributed by atoms with Gasteiger partial charge in [-0.05, 0) is 36.4 Å². The summed E-state index contributed by atoms with van der Waals surface area (Å²) in [6.45, 7) is 0. The molecule has 0 saturated heterocycles. The fourth-order valence-electron chi connectivity index (χ4n) is 2.28. The van der Waals surface area contributed by atoms with Gasteiger partial charge in [0, 0.05) is 30.6 Å². The third-order valence-corrected chi connectivity index (χ3v) is 3.52. The van der Waals surface area contributed by atoms with Gasteiger partial charge in [0.15, 0.2) is 0 Å². The third-order valence-electron chi connectivity index (χ3n) is 3.52. The van der Waals surface area contributed by atoms with Gasteiger partial charge in [0.05, 0.1) is 11.4 Å². The van der Waals surface area contributed by atoms with Gasteiger partial charge in [-0.15, -0.1) is 5.11 Å². The molecule has 0 unspecified atom stereocenters. The zero-order valence-corrected chi connectivity index (χ0v) is 12.6. The highest BCUT2D eigenvalue weighted by atomic mass is 16.3. The smallest absolute Gasteiger partial charge is 0.123 e. The number of hydrogen-bond acceptors (Lipinski definition) is 4. The van der Waals surface area contributed by atoms with Crippen LogP contribution < -0.4 is 4.90 Å². The maximum atomic E-state index is 9.89. The van der Waals surface area contributed by atoms with Gasteiger partial charge in [0.25, 0.3) is 0 Å². The first-order chi connectivity index (χ1) is 10.6. The number of fused-ring (bicyclic) bond motifs is 1. The summed E-state index contributed by atoms with van der Waals surface area (Å²) in [5.74, 6) is 0.255. The minimum absolute atomic E-state index is 0.255. The normalized spacial score (nSPS) is 11.2. The van der Waals surface area contributed by atoms with Crippen molar-refractivity contribution in [2.24, 2.45) is 10.2 Å². The first-order valence-electron chi connectivity index (χ1n) is 7.05. The standard InChI is InChI=1S/C18H17N3O/c1-21(2)14-9-7-13(8-10-14)19-20-17-11-12-18(22)16-6-4-3-5-15(16)17/h3-12,22H,1-2H3. The van der Waals surface area contributed by atoms with Gasteiger partial charge < -0.3 is 10.0 Å². The van der Waals surface area contributed by atoms with E-state index in [2.05, 4.69) is 10.2 Å². The fourth-order valence-corrected chi connectivity index (χ4v) is 2.28. The van der Waals surface area contributed by atoms with E-state index in [1.807, 2.05) is 67.5 Å². The van der Waals surface area contributed by atoms with Gasteiger partial charge in [-0.1, -0.05) is 24.3 Å². The summed E-state index contributed by atoms with van der Waals surface area (Å²) in [6, 6.07) is 18.9. The molecule has 0 spiro atoms. The molecule has 110 valence electrons. The quantitative estimate of drug-likeness (QED) is 0.688. The van der Waals surface area contributed by atoms with Crippen LogP contribution in [0.25, 0.3) is 10.8 Å². The monoisotopic (exact) mass is 291 g/mol. The van der Waals surface area contributed by atoms with E-state index in [1.54, 1.807) is 12.1 Å². The first-order valence-corrected chi connectivity index (χ1v) is 7.05. The van der Waals surface area contributed by atoms with Crippen LogP contribution in [0.2, 0.25) is 0 Å². The highest BCUT2D eigenvalue weighted by molar-refractivity contribution is 5.96. The largest absolute Gasteiger partial charge is 0.507 e. The Balaban J connectivity index is 1.94. The lowest BCUT2D eigenvalue weighted by molar-refractivity contribution is 0.481. The number of azo groups is 1. The molecule has 4 heteroatoms. The Kier molecular flexibility index (Phi) is 3.74. The summed E-state index contributed by atoms with van der Waals surface area (Å²) < 4.78 is 0. The Labute approximate surface area is 129 Å².